The van der Waals surface area contributed by atoms with Crippen molar-refractivity contribution < 1.29 is 4.12 Å². The summed E-state index contributed by atoms with van der Waals surface area (Å²) < 4.78 is 7.17. The van der Waals surface area contributed by atoms with Crippen molar-refractivity contribution in [2.45, 2.75) is 90.5 Å². The fourth-order valence-corrected chi connectivity index (χ4v) is 14.9. The van der Waals surface area contributed by atoms with Gasteiger partial charge >= 0.3 is 0 Å². The maximum atomic E-state index is 8.97. The first-order valence-corrected chi connectivity index (χ1v) is 17.9. The highest BCUT2D eigenvalue weighted by Gasteiger charge is 2.39. The quantitative estimate of drug-likeness (QED) is 0.201. The highest BCUT2D eigenvalue weighted by molar-refractivity contribution is 6.89. The van der Waals surface area contributed by atoms with Crippen LogP contribution in [-0.4, -0.2) is 16.6 Å². The van der Waals surface area contributed by atoms with E-state index in [1.54, 1.807) is 0 Å². The van der Waals surface area contributed by atoms with Crippen LogP contribution in [0.4, 0.5) is 0 Å². The molecule has 33 heavy (non-hydrogen) atoms. The molecule has 0 N–H and O–H groups in total. The lowest BCUT2D eigenvalue weighted by atomic mass is 10.0. The Morgan fingerprint density at radius 1 is 0.788 bits per heavy atom. The Kier molecular flexibility index (Phi) is 11.3. The summed E-state index contributed by atoms with van der Waals surface area (Å²) in [5.74, 6) is 0. The molecule has 0 aliphatic heterocycles. The summed E-state index contributed by atoms with van der Waals surface area (Å²) in [6, 6.07) is 25.1. The van der Waals surface area contributed by atoms with Gasteiger partial charge in [0.1, 0.15) is 0 Å². The fourth-order valence-electron chi connectivity index (χ4n) is 4.75. The summed E-state index contributed by atoms with van der Waals surface area (Å²) in [7, 11) is -3.36. The van der Waals surface area contributed by atoms with Crippen LogP contribution in [0.15, 0.2) is 60.3 Å². The Labute approximate surface area is 205 Å². The first-order valence-electron chi connectivity index (χ1n) is 12.9. The predicted molar refractivity (Wildman–Crippen MR) is 148 cm³/mol. The molecule has 2 nitrogen and oxygen atoms in total. The van der Waals surface area contributed by atoms with Crippen LogP contribution in [0.3, 0.4) is 0 Å². The van der Waals surface area contributed by atoms with Crippen molar-refractivity contribution in [3.63, 3.8) is 0 Å². The normalized spacial score (nSPS) is 12.2. The van der Waals surface area contributed by atoms with Gasteiger partial charge < -0.3 is 4.12 Å². The number of allylic oxidation sites excluding steroid dienone is 1. The number of rotatable bonds is 14. The largest absolute Gasteiger partial charge is 0.452 e. The maximum absolute atomic E-state index is 8.97. The lowest BCUT2D eigenvalue weighted by Gasteiger charge is -2.39. The summed E-state index contributed by atoms with van der Waals surface area (Å²) >= 11 is 0. The van der Waals surface area contributed by atoms with Crippen molar-refractivity contribution in [1.29, 1.82) is 5.26 Å². The van der Waals surface area contributed by atoms with E-state index in [2.05, 4.69) is 76.7 Å². The van der Waals surface area contributed by atoms with Crippen LogP contribution in [0.1, 0.15) is 65.0 Å². The van der Waals surface area contributed by atoms with Crippen molar-refractivity contribution >= 4 is 16.6 Å². The van der Waals surface area contributed by atoms with Gasteiger partial charge in [0.25, 0.3) is 0 Å². The number of nitrogens with zero attached hydrogens (tertiary/aromatic N) is 1. The number of benzene rings is 2. The Morgan fingerprint density at radius 3 is 1.85 bits per heavy atom. The van der Waals surface area contributed by atoms with Gasteiger partial charge in [-0.2, -0.15) is 5.26 Å². The molecular weight excluding hydrogens is 434 g/mol. The zero-order valence-corrected chi connectivity index (χ0v) is 23.5. The first-order chi connectivity index (χ1) is 16.0. The Hall–Kier alpha value is -1.94. The standard InChI is InChI=1S/C29H43NOSi2/c1-6-23-32(7-2,8-3)31-33(9-4,10-5)24-13-11-12-14-26-15-19-28(20-16-26)29-21-17-27(25-30)18-22-29/h6,15-23H,7-14,24H2,1-5H3. The van der Waals surface area contributed by atoms with Gasteiger partial charge in [-0.05, 0) is 78.8 Å². The van der Waals surface area contributed by atoms with Gasteiger partial charge in [-0.25, -0.2) is 0 Å². The summed E-state index contributed by atoms with van der Waals surface area (Å²) in [6.45, 7) is 11.5. The molecular formula is C29H43NOSi2. The van der Waals surface area contributed by atoms with Crippen molar-refractivity contribution in [3.8, 4) is 17.2 Å². The fraction of sp³-hybridized carbons (Fsp3) is 0.483. The van der Waals surface area contributed by atoms with Gasteiger partial charge in [-0.3, -0.25) is 0 Å². The van der Waals surface area contributed by atoms with E-state index in [-0.39, 0.29) is 0 Å². The first kappa shape index (κ1) is 27.3. The van der Waals surface area contributed by atoms with Crippen molar-refractivity contribution in [2.24, 2.45) is 0 Å². The van der Waals surface area contributed by atoms with Gasteiger partial charge in [0.05, 0.1) is 11.6 Å². The molecule has 0 unspecified atom stereocenters. The van der Waals surface area contributed by atoms with Gasteiger partial charge in [0.2, 0.25) is 8.32 Å². The second-order valence-electron chi connectivity index (χ2n) is 9.21. The lowest BCUT2D eigenvalue weighted by Crippen LogP contribution is -2.49. The molecule has 0 spiro atoms. The predicted octanol–water partition coefficient (Wildman–Crippen LogP) is 9.04. The number of hydrogen-bond acceptors (Lipinski definition) is 2. The third-order valence-electron chi connectivity index (χ3n) is 7.27. The van der Waals surface area contributed by atoms with Gasteiger partial charge in [0, 0.05) is 0 Å². The Morgan fingerprint density at radius 2 is 1.36 bits per heavy atom. The summed E-state index contributed by atoms with van der Waals surface area (Å²) in [4.78, 5) is 0. The zero-order valence-electron chi connectivity index (χ0n) is 21.5. The third-order valence-corrected chi connectivity index (χ3v) is 17.8. The van der Waals surface area contributed by atoms with Crippen LogP contribution in [0.5, 0.6) is 0 Å². The topological polar surface area (TPSA) is 33.0 Å². The van der Waals surface area contributed by atoms with E-state index in [4.69, 9.17) is 9.38 Å². The summed E-state index contributed by atoms with van der Waals surface area (Å²) in [6.07, 6.45) is 7.20. The highest BCUT2D eigenvalue weighted by Crippen LogP contribution is 2.32. The van der Waals surface area contributed by atoms with E-state index < -0.39 is 16.6 Å². The van der Waals surface area contributed by atoms with Crippen LogP contribution < -0.4 is 0 Å². The molecule has 0 fully saturated rings. The number of hydrogen-bond donors (Lipinski definition) is 0. The van der Waals surface area contributed by atoms with Gasteiger partial charge in [-0.1, -0.05) is 88.7 Å². The molecule has 0 radical (unpaired) electrons. The molecule has 0 saturated carbocycles. The molecule has 0 aliphatic carbocycles. The zero-order chi connectivity index (χ0) is 24.2. The second kappa shape index (κ2) is 13.7. The van der Waals surface area contributed by atoms with Crippen LogP contribution in [-0.2, 0) is 10.5 Å². The SMILES string of the molecule is CC=C[Si](CC)(CC)O[Si](CC)(CC)CCCCCc1ccc(-c2ccc(C#N)cc2)cc1. The molecule has 0 atom stereocenters. The molecule has 4 heteroatoms. The molecule has 0 amide bonds. The van der Waals surface area contributed by atoms with Crippen LogP contribution in [0.25, 0.3) is 11.1 Å². The van der Waals surface area contributed by atoms with E-state index in [1.807, 2.05) is 24.3 Å². The third kappa shape index (κ3) is 7.81. The number of unbranched alkanes of at least 4 members (excludes halogenated alkanes) is 2. The van der Waals surface area contributed by atoms with E-state index in [0.29, 0.717) is 5.56 Å². The van der Waals surface area contributed by atoms with Crippen LogP contribution in [0, 0.1) is 11.3 Å². The molecule has 0 bridgehead atoms. The minimum atomic E-state index is -1.72. The van der Waals surface area contributed by atoms with Crippen LogP contribution >= 0.6 is 0 Å². The molecule has 0 aromatic heterocycles. The number of nitriles is 1. The smallest absolute Gasteiger partial charge is 0.204 e. The van der Waals surface area contributed by atoms with E-state index >= 15 is 0 Å². The second-order valence-corrected chi connectivity index (χ2v) is 18.2. The molecule has 2 rings (SSSR count). The molecule has 0 heterocycles. The molecule has 178 valence electrons. The van der Waals surface area contributed by atoms with Crippen molar-refractivity contribution in [3.05, 3.63) is 71.4 Å². The minimum Gasteiger partial charge on any atom is -0.452 e. The molecule has 0 saturated heterocycles. The van der Waals surface area contributed by atoms with Crippen LogP contribution in [0.2, 0.25) is 30.2 Å². The Bertz CT molecular complexity index is 889. The van der Waals surface area contributed by atoms with E-state index in [1.165, 1.54) is 60.6 Å². The summed E-state index contributed by atoms with van der Waals surface area (Å²) in [5.41, 5.74) is 6.94. The average molecular weight is 478 g/mol. The van der Waals surface area contributed by atoms with E-state index in [0.717, 1.165) is 12.0 Å². The number of aryl methyl sites for hydroxylation is 1. The maximum Gasteiger partial charge on any atom is 0.204 e. The van der Waals surface area contributed by atoms with Crippen molar-refractivity contribution in [1.82, 2.24) is 0 Å². The van der Waals surface area contributed by atoms with E-state index in [9.17, 15) is 0 Å². The monoisotopic (exact) mass is 477 g/mol. The average Bonchev–Trinajstić information content (AvgIpc) is 2.88. The molecule has 0 aliphatic rings. The molecule has 2 aromatic carbocycles. The Balaban J connectivity index is 1.87. The highest BCUT2D eigenvalue weighted by atomic mass is 28.4. The van der Waals surface area contributed by atoms with Gasteiger partial charge in [0.15, 0.2) is 8.32 Å². The molecule has 2 aromatic rings. The van der Waals surface area contributed by atoms with Gasteiger partial charge in [-0.15, -0.1) is 0 Å². The van der Waals surface area contributed by atoms with Crippen molar-refractivity contribution in [2.75, 3.05) is 0 Å². The lowest BCUT2D eigenvalue weighted by molar-refractivity contribution is 0.513. The summed E-state index contributed by atoms with van der Waals surface area (Å²) in [5, 5.41) is 8.97. The minimum absolute atomic E-state index is 0.707.